The predicted molar refractivity (Wildman–Crippen MR) is 68.0 cm³/mol. The number of pyridine rings is 1. The summed E-state index contributed by atoms with van der Waals surface area (Å²) < 4.78 is 24.8. The maximum atomic E-state index is 12.4. The Bertz CT molecular complexity index is 617. The monoisotopic (exact) mass is 266 g/mol. The van der Waals surface area contributed by atoms with E-state index < -0.39 is 18.9 Å². The molecule has 0 saturated carbocycles. The molecule has 0 fully saturated rings. The Hall–Kier alpha value is -2.24. The highest BCUT2D eigenvalue weighted by molar-refractivity contribution is 5.98. The first-order chi connectivity index (χ1) is 8.99. The molecule has 1 aromatic heterocycles. The van der Waals surface area contributed by atoms with E-state index in [4.69, 9.17) is 5.11 Å². The second-order valence-electron chi connectivity index (χ2n) is 4.13. The van der Waals surface area contributed by atoms with Gasteiger partial charge in [0, 0.05) is 12.4 Å². The number of fused-ring (bicyclic) bond motifs is 1. The number of benzene rings is 1. The summed E-state index contributed by atoms with van der Waals surface area (Å²) in [4.78, 5) is 16.5. The summed E-state index contributed by atoms with van der Waals surface area (Å²) in [5.41, 5.74) is 0.491. The van der Waals surface area contributed by atoms with Gasteiger partial charge in [0.1, 0.15) is 11.4 Å². The molecule has 4 nitrogen and oxygen atoms in total. The van der Waals surface area contributed by atoms with E-state index in [0.717, 1.165) is 4.90 Å². The van der Waals surface area contributed by atoms with Gasteiger partial charge in [-0.2, -0.15) is 0 Å². The minimum absolute atomic E-state index is 0.0477. The molecular formula is C13H12F2N2O2. The molecule has 1 N–H and O–H groups in total. The number of hydrogen-bond acceptors (Lipinski definition) is 3. The van der Waals surface area contributed by atoms with Crippen molar-refractivity contribution in [3.8, 4) is 0 Å². The zero-order valence-corrected chi connectivity index (χ0v) is 10.2. The van der Waals surface area contributed by atoms with Crippen molar-refractivity contribution in [1.82, 2.24) is 4.98 Å². The fraction of sp³-hybridized carbons (Fsp3) is 0.231. The van der Waals surface area contributed by atoms with E-state index in [2.05, 4.69) is 4.98 Å². The maximum Gasteiger partial charge on any atom is 0.339 e. The number of carboxylic acid groups (broad SMARTS) is 1. The van der Waals surface area contributed by atoms with Crippen LogP contribution in [0.25, 0.3) is 10.9 Å². The maximum absolute atomic E-state index is 12.4. The molecule has 0 aliphatic heterocycles. The van der Waals surface area contributed by atoms with Crippen LogP contribution in [0.15, 0.2) is 30.3 Å². The highest BCUT2D eigenvalue weighted by Gasteiger charge is 2.18. The van der Waals surface area contributed by atoms with Gasteiger partial charge in [-0.15, -0.1) is 0 Å². The van der Waals surface area contributed by atoms with E-state index in [0.29, 0.717) is 10.9 Å². The van der Waals surface area contributed by atoms with Crippen molar-refractivity contribution in [2.75, 3.05) is 18.5 Å². The van der Waals surface area contributed by atoms with Crippen molar-refractivity contribution >= 4 is 22.7 Å². The van der Waals surface area contributed by atoms with Gasteiger partial charge in [-0.05, 0) is 12.1 Å². The first-order valence-corrected chi connectivity index (χ1v) is 5.61. The number of para-hydroxylation sites is 1. The SMILES string of the molecule is CN(CC(F)F)c1nc2ccccc2cc1C(=O)O. The van der Waals surface area contributed by atoms with E-state index in [9.17, 15) is 13.6 Å². The summed E-state index contributed by atoms with van der Waals surface area (Å²) in [5.74, 6) is -1.14. The second-order valence-corrected chi connectivity index (χ2v) is 4.13. The summed E-state index contributed by atoms with van der Waals surface area (Å²) in [7, 11) is 1.40. The number of carbonyl (C=O) groups is 1. The van der Waals surface area contributed by atoms with Gasteiger partial charge in [0.15, 0.2) is 0 Å². The van der Waals surface area contributed by atoms with Crippen molar-refractivity contribution in [3.63, 3.8) is 0 Å². The lowest BCUT2D eigenvalue weighted by Gasteiger charge is -2.20. The third kappa shape index (κ3) is 2.78. The summed E-state index contributed by atoms with van der Waals surface area (Å²) >= 11 is 0. The fourth-order valence-electron chi connectivity index (χ4n) is 1.85. The molecule has 2 aromatic rings. The molecule has 1 heterocycles. The lowest BCUT2D eigenvalue weighted by atomic mass is 10.1. The van der Waals surface area contributed by atoms with Crippen LogP contribution < -0.4 is 4.90 Å². The molecule has 0 atom stereocenters. The largest absolute Gasteiger partial charge is 0.478 e. The molecular weight excluding hydrogens is 254 g/mol. The molecule has 1 aromatic carbocycles. The molecule has 0 unspecified atom stereocenters. The van der Waals surface area contributed by atoms with Gasteiger partial charge in [-0.3, -0.25) is 0 Å². The zero-order chi connectivity index (χ0) is 14.0. The Morgan fingerprint density at radius 1 is 1.42 bits per heavy atom. The molecule has 19 heavy (non-hydrogen) atoms. The Morgan fingerprint density at radius 2 is 2.11 bits per heavy atom. The summed E-state index contributed by atoms with van der Waals surface area (Å²) in [5, 5.41) is 9.82. The van der Waals surface area contributed by atoms with E-state index in [-0.39, 0.29) is 11.4 Å². The van der Waals surface area contributed by atoms with Crippen LogP contribution in [-0.2, 0) is 0 Å². The van der Waals surface area contributed by atoms with Crippen molar-refractivity contribution in [2.24, 2.45) is 0 Å². The molecule has 0 bridgehead atoms. The van der Waals surface area contributed by atoms with Crippen molar-refractivity contribution in [3.05, 3.63) is 35.9 Å². The second kappa shape index (κ2) is 5.17. The van der Waals surface area contributed by atoms with Crippen LogP contribution in [0.3, 0.4) is 0 Å². The Balaban J connectivity index is 2.56. The minimum atomic E-state index is -2.56. The van der Waals surface area contributed by atoms with Gasteiger partial charge in [0.2, 0.25) is 0 Å². The Kier molecular flexibility index (Phi) is 3.59. The van der Waals surface area contributed by atoms with Gasteiger partial charge in [0.05, 0.1) is 12.1 Å². The van der Waals surface area contributed by atoms with Gasteiger partial charge >= 0.3 is 5.97 Å². The van der Waals surface area contributed by atoms with Crippen LogP contribution in [0, 0.1) is 0 Å². The number of hydrogen-bond donors (Lipinski definition) is 1. The normalized spacial score (nSPS) is 10.9. The van der Waals surface area contributed by atoms with Crippen molar-refractivity contribution in [2.45, 2.75) is 6.43 Å². The first kappa shape index (κ1) is 13.2. The standard InChI is InChI=1S/C13H12F2N2O2/c1-17(7-11(14)15)12-9(13(18)19)6-8-4-2-3-5-10(8)16-12/h2-6,11H,7H2,1H3,(H,18,19). The minimum Gasteiger partial charge on any atom is -0.478 e. The molecule has 0 amide bonds. The highest BCUT2D eigenvalue weighted by atomic mass is 19.3. The van der Waals surface area contributed by atoms with Crippen LogP contribution in [0.4, 0.5) is 14.6 Å². The molecule has 2 rings (SSSR count). The van der Waals surface area contributed by atoms with E-state index in [1.54, 1.807) is 24.3 Å². The molecule has 0 aliphatic rings. The van der Waals surface area contributed by atoms with Crippen LogP contribution in [-0.4, -0.2) is 36.1 Å². The van der Waals surface area contributed by atoms with E-state index in [1.807, 2.05) is 0 Å². The quantitative estimate of drug-likeness (QED) is 0.924. The predicted octanol–water partition coefficient (Wildman–Crippen LogP) is 2.63. The number of anilines is 1. The molecule has 100 valence electrons. The molecule has 0 aliphatic carbocycles. The third-order valence-electron chi connectivity index (χ3n) is 2.71. The number of halogens is 2. The van der Waals surface area contributed by atoms with Crippen LogP contribution in [0.1, 0.15) is 10.4 Å². The lowest BCUT2D eigenvalue weighted by molar-refractivity contribution is 0.0696. The zero-order valence-electron chi connectivity index (χ0n) is 10.2. The third-order valence-corrected chi connectivity index (χ3v) is 2.71. The summed E-state index contributed by atoms with van der Waals surface area (Å²) in [6.45, 7) is -0.564. The topological polar surface area (TPSA) is 53.4 Å². The average molecular weight is 266 g/mol. The Labute approximate surface area is 108 Å². The van der Waals surface area contributed by atoms with Gasteiger partial charge in [0.25, 0.3) is 6.43 Å². The highest BCUT2D eigenvalue weighted by Crippen LogP contribution is 2.23. The van der Waals surface area contributed by atoms with E-state index in [1.165, 1.54) is 13.1 Å². The van der Waals surface area contributed by atoms with Crippen molar-refractivity contribution < 1.29 is 18.7 Å². The molecule has 0 spiro atoms. The summed E-state index contributed by atoms with van der Waals surface area (Å²) in [6, 6.07) is 8.40. The average Bonchev–Trinajstić information content (AvgIpc) is 2.36. The van der Waals surface area contributed by atoms with E-state index >= 15 is 0 Å². The summed E-state index contributed by atoms with van der Waals surface area (Å²) in [6.07, 6.45) is -2.56. The number of aromatic nitrogens is 1. The smallest absolute Gasteiger partial charge is 0.339 e. The molecule has 6 heteroatoms. The molecule has 0 saturated heterocycles. The van der Waals surface area contributed by atoms with Crippen molar-refractivity contribution in [1.29, 1.82) is 0 Å². The van der Waals surface area contributed by atoms with Crippen LogP contribution >= 0.6 is 0 Å². The number of nitrogens with zero attached hydrogens (tertiary/aromatic N) is 2. The lowest BCUT2D eigenvalue weighted by Crippen LogP contribution is -2.26. The van der Waals surface area contributed by atoms with Gasteiger partial charge in [-0.25, -0.2) is 18.6 Å². The fourth-order valence-corrected chi connectivity index (χ4v) is 1.85. The molecule has 0 radical (unpaired) electrons. The Morgan fingerprint density at radius 3 is 2.74 bits per heavy atom. The first-order valence-electron chi connectivity index (χ1n) is 5.61. The van der Waals surface area contributed by atoms with Gasteiger partial charge < -0.3 is 10.0 Å². The number of carboxylic acids is 1. The van der Waals surface area contributed by atoms with Gasteiger partial charge in [-0.1, -0.05) is 18.2 Å². The van der Waals surface area contributed by atoms with Crippen LogP contribution in [0.2, 0.25) is 0 Å². The number of aromatic carboxylic acids is 1. The number of rotatable bonds is 4. The number of alkyl halides is 2. The van der Waals surface area contributed by atoms with Crippen LogP contribution in [0.5, 0.6) is 0 Å².